The van der Waals surface area contributed by atoms with Gasteiger partial charge in [-0.05, 0) is 36.7 Å². The SMILES string of the molecule is ClCCl.S=C([S-])N1CCCC1.[Cl-].[Pt+2].c1ccc(P(c2ccccc2)c2ccccc2)cc1. The van der Waals surface area contributed by atoms with E-state index >= 15 is 0 Å². The minimum Gasteiger partial charge on any atom is -1.00 e. The molecule has 0 saturated carbocycles. The van der Waals surface area contributed by atoms with Crippen molar-refractivity contribution in [1.29, 1.82) is 0 Å². The Bertz CT molecular complexity index is 761. The third-order valence-electron chi connectivity index (χ3n) is 4.41. The molecule has 0 amide bonds. The molecule has 1 saturated heterocycles. The van der Waals surface area contributed by atoms with Gasteiger partial charge in [-0.1, -0.05) is 95.3 Å². The number of nitrogens with zero attached hydrogens (tertiary/aromatic N) is 1. The molecule has 0 radical (unpaired) electrons. The first-order chi connectivity index (χ1) is 14.7. The van der Waals surface area contributed by atoms with Crippen LogP contribution in [0.4, 0.5) is 0 Å². The van der Waals surface area contributed by atoms with Gasteiger partial charge in [-0.2, -0.15) is 0 Å². The second-order valence-electron chi connectivity index (χ2n) is 6.40. The number of benzene rings is 3. The van der Waals surface area contributed by atoms with E-state index in [4.69, 9.17) is 48.0 Å². The average Bonchev–Trinajstić information content (AvgIpc) is 3.33. The molecule has 1 heterocycles. The van der Waals surface area contributed by atoms with E-state index in [1.165, 1.54) is 28.8 Å². The topological polar surface area (TPSA) is 3.24 Å². The van der Waals surface area contributed by atoms with Crippen molar-refractivity contribution in [1.82, 2.24) is 4.90 Å². The van der Waals surface area contributed by atoms with Gasteiger partial charge in [0.15, 0.2) is 0 Å². The molecule has 4 rings (SSSR count). The van der Waals surface area contributed by atoms with Crippen molar-refractivity contribution in [3.8, 4) is 0 Å². The number of thiocarbonyl (C=S) groups is 1. The first-order valence-corrected chi connectivity index (χ1v) is 12.9. The van der Waals surface area contributed by atoms with Crippen LogP contribution in [0.15, 0.2) is 91.0 Å². The molecule has 174 valence electrons. The van der Waals surface area contributed by atoms with Crippen molar-refractivity contribution in [2.24, 2.45) is 0 Å². The van der Waals surface area contributed by atoms with Gasteiger partial charge in [0.2, 0.25) is 0 Å². The summed E-state index contributed by atoms with van der Waals surface area (Å²) in [5, 5.41) is 4.39. The number of halogens is 3. The predicted octanol–water partition coefficient (Wildman–Crippen LogP) is 2.78. The maximum absolute atomic E-state index is 4.80. The quantitative estimate of drug-likeness (QED) is 0.177. The summed E-state index contributed by atoms with van der Waals surface area (Å²) >= 11 is 19.1. The van der Waals surface area contributed by atoms with E-state index in [1.807, 2.05) is 0 Å². The minimum absolute atomic E-state index is 0. The predicted molar refractivity (Wildman–Crippen MR) is 142 cm³/mol. The van der Waals surface area contributed by atoms with Crippen LogP contribution in [0.25, 0.3) is 0 Å². The molecule has 32 heavy (non-hydrogen) atoms. The van der Waals surface area contributed by atoms with Crippen molar-refractivity contribution >= 4 is 76.2 Å². The van der Waals surface area contributed by atoms with E-state index in [0.29, 0.717) is 4.32 Å². The molecule has 0 aliphatic carbocycles. The van der Waals surface area contributed by atoms with E-state index in [9.17, 15) is 0 Å². The Morgan fingerprint density at radius 1 is 0.750 bits per heavy atom. The van der Waals surface area contributed by atoms with Crippen LogP contribution in [0.1, 0.15) is 12.8 Å². The molecule has 8 heteroatoms. The fourth-order valence-corrected chi connectivity index (χ4v) is 5.75. The Kier molecular flexibility index (Phi) is 19.0. The summed E-state index contributed by atoms with van der Waals surface area (Å²) < 4.78 is 0.641. The van der Waals surface area contributed by atoms with Gasteiger partial charge in [0.25, 0.3) is 0 Å². The van der Waals surface area contributed by atoms with E-state index in [2.05, 4.69) is 95.9 Å². The van der Waals surface area contributed by atoms with Crippen LogP contribution in [0.3, 0.4) is 0 Å². The second-order valence-corrected chi connectivity index (χ2v) is 10.5. The maximum atomic E-state index is 4.80. The van der Waals surface area contributed by atoms with Crippen LogP contribution < -0.4 is 28.3 Å². The fraction of sp³-hybridized carbons (Fsp3) is 0.208. The van der Waals surface area contributed by atoms with Crippen molar-refractivity contribution in [3.05, 3.63) is 91.0 Å². The molecule has 0 unspecified atom stereocenters. The van der Waals surface area contributed by atoms with Gasteiger partial charge >= 0.3 is 21.1 Å². The maximum Gasteiger partial charge on any atom is 2.00 e. The number of rotatable bonds is 3. The normalized spacial score (nSPS) is 11.7. The first-order valence-electron chi connectivity index (χ1n) is 9.70. The summed E-state index contributed by atoms with van der Waals surface area (Å²) in [5.74, 6) is 0. The zero-order valence-corrected chi connectivity index (χ0v) is 24.4. The molecule has 1 fully saturated rings. The second kappa shape index (κ2) is 19.1. The number of alkyl halides is 2. The van der Waals surface area contributed by atoms with Crippen LogP contribution in [0.2, 0.25) is 0 Å². The summed E-state index contributed by atoms with van der Waals surface area (Å²) in [4.78, 5) is 2.07. The molecule has 0 N–H and O–H groups in total. The molecular weight excluding hydrogens is 699 g/mol. The Labute approximate surface area is 235 Å². The Morgan fingerprint density at radius 2 is 1.03 bits per heavy atom. The van der Waals surface area contributed by atoms with E-state index in [1.54, 1.807) is 0 Å². The van der Waals surface area contributed by atoms with Gasteiger partial charge < -0.3 is 42.2 Å². The third-order valence-corrected chi connectivity index (χ3v) is 7.37. The summed E-state index contributed by atoms with van der Waals surface area (Å²) in [6, 6.07) is 32.3. The summed E-state index contributed by atoms with van der Waals surface area (Å²) in [5.41, 5.74) is 0. The van der Waals surface area contributed by atoms with Crippen molar-refractivity contribution in [3.63, 3.8) is 0 Å². The summed E-state index contributed by atoms with van der Waals surface area (Å²) in [6.45, 7) is 2.17. The van der Waals surface area contributed by atoms with Crippen LogP contribution in [0, 0.1) is 0 Å². The summed E-state index contributed by atoms with van der Waals surface area (Å²) in [6.07, 6.45) is 2.52. The molecule has 3 aromatic carbocycles. The van der Waals surface area contributed by atoms with Crippen LogP contribution in [-0.4, -0.2) is 27.6 Å². The van der Waals surface area contributed by atoms with Gasteiger partial charge in [-0.25, -0.2) is 0 Å². The van der Waals surface area contributed by atoms with Crippen molar-refractivity contribution in [2.45, 2.75) is 12.8 Å². The van der Waals surface area contributed by atoms with Gasteiger partial charge in [0.05, 0.1) is 5.34 Å². The molecule has 1 aliphatic rings. The summed E-state index contributed by atoms with van der Waals surface area (Å²) in [7, 11) is -0.446. The molecule has 1 nitrogen and oxygen atoms in total. The van der Waals surface area contributed by atoms with Crippen LogP contribution >= 0.6 is 43.3 Å². The number of likely N-dealkylation sites (tertiary alicyclic amines) is 1. The van der Waals surface area contributed by atoms with Crippen LogP contribution in [-0.2, 0) is 33.7 Å². The Hall–Kier alpha value is -0.242. The molecular formula is C24H25Cl3NPPtS2. The largest absolute Gasteiger partial charge is 2.00 e. The minimum atomic E-state index is -0.446. The average molecular weight is 724 g/mol. The third kappa shape index (κ3) is 11.3. The molecule has 0 spiro atoms. The van der Waals surface area contributed by atoms with Gasteiger partial charge in [0.1, 0.15) is 0 Å². The van der Waals surface area contributed by atoms with Crippen LogP contribution in [0.5, 0.6) is 0 Å². The van der Waals surface area contributed by atoms with Gasteiger partial charge in [-0.3, -0.25) is 0 Å². The standard InChI is InChI=1S/C18H15P.C5H9NS2.CH2Cl2.ClH.Pt/c1-4-10-16(11-5-1)19(17-12-6-2-7-13-17)18-14-8-3-9-15-18;7-5(8)6-3-1-2-4-6;2-1-3;;/h1-15H;1-4H2,(H,7,8);1H2;1H;/q;;;;+2/p-2. The smallest absolute Gasteiger partial charge is 1.00 e. The van der Waals surface area contributed by atoms with Crippen molar-refractivity contribution in [2.75, 3.05) is 18.4 Å². The number of hydrogen-bond acceptors (Lipinski definition) is 2. The van der Waals surface area contributed by atoms with Gasteiger partial charge in [0, 0.05) is 13.1 Å². The zero-order valence-electron chi connectivity index (χ0n) is 17.4. The zero-order chi connectivity index (χ0) is 21.6. The molecule has 0 aromatic heterocycles. The Balaban J connectivity index is 0.000000625. The van der Waals surface area contributed by atoms with E-state index < -0.39 is 7.92 Å². The van der Waals surface area contributed by atoms with E-state index in [-0.39, 0.29) is 38.8 Å². The van der Waals surface area contributed by atoms with Crippen molar-refractivity contribution < 1.29 is 33.5 Å². The van der Waals surface area contributed by atoms with Gasteiger partial charge in [-0.15, -0.1) is 23.2 Å². The molecule has 3 aromatic rings. The monoisotopic (exact) mass is 722 g/mol. The van der Waals surface area contributed by atoms with E-state index in [0.717, 1.165) is 13.1 Å². The molecule has 0 atom stereocenters. The Morgan fingerprint density at radius 3 is 1.25 bits per heavy atom. The number of hydrogen-bond donors (Lipinski definition) is 0. The first kappa shape index (κ1) is 31.8. The fourth-order valence-electron chi connectivity index (χ4n) is 3.08. The molecule has 1 aliphatic heterocycles. The molecule has 0 bridgehead atoms.